The average Bonchev–Trinajstić information content (AvgIpc) is 2.46. The molecule has 98 valence electrons. The summed E-state index contributed by atoms with van der Waals surface area (Å²) < 4.78 is 0. The molecule has 2 aromatic rings. The fraction of sp³-hybridized carbons (Fsp3) is 0.125. The Morgan fingerprint density at radius 2 is 1.45 bits per heavy atom. The summed E-state index contributed by atoms with van der Waals surface area (Å²) in [6.07, 6.45) is 3.07. The van der Waals surface area contributed by atoms with Crippen molar-refractivity contribution in [3.63, 3.8) is 0 Å². The van der Waals surface area contributed by atoms with Gasteiger partial charge in [0.25, 0.3) is 0 Å². The van der Waals surface area contributed by atoms with Crippen LogP contribution >= 0.6 is 0 Å². The number of nitrogens with zero attached hydrogens (tertiary/aromatic N) is 2. The van der Waals surface area contributed by atoms with Crippen LogP contribution in [0.4, 0.5) is 11.4 Å². The highest BCUT2D eigenvalue weighted by Crippen LogP contribution is 2.31. The van der Waals surface area contributed by atoms with Crippen LogP contribution < -0.4 is 0 Å². The van der Waals surface area contributed by atoms with Gasteiger partial charge in [-0.15, -0.1) is 0 Å². The van der Waals surface area contributed by atoms with E-state index >= 15 is 0 Å². The molecule has 0 aliphatic rings. The van der Waals surface area contributed by atoms with Crippen molar-refractivity contribution in [2.24, 2.45) is 9.98 Å². The molecule has 0 N–H and O–H groups in total. The first kappa shape index (κ1) is 13.6. The van der Waals surface area contributed by atoms with Gasteiger partial charge in [-0.05, 0) is 54.3 Å². The molecule has 0 aliphatic heterocycles. The first-order valence-corrected chi connectivity index (χ1v) is 6.03. The monoisotopic (exact) mass is 264 g/mol. The molecule has 0 radical (unpaired) electrons. The van der Waals surface area contributed by atoms with Crippen LogP contribution in [-0.2, 0) is 9.59 Å². The van der Waals surface area contributed by atoms with Crippen LogP contribution in [0.25, 0.3) is 11.1 Å². The minimum atomic E-state index is 0.570. The van der Waals surface area contributed by atoms with Crippen LogP contribution in [0, 0.1) is 13.8 Å². The van der Waals surface area contributed by atoms with Crippen molar-refractivity contribution in [2.75, 3.05) is 0 Å². The summed E-state index contributed by atoms with van der Waals surface area (Å²) in [5.41, 5.74) is 5.25. The molecule has 0 atom stereocenters. The van der Waals surface area contributed by atoms with E-state index in [0.29, 0.717) is 11.4 Å². The maximum absolute atomic E-state index is 10.4. The Kier molecular flexibility index (Phi) is 4.02. The van der Waals surface area contributed by atoms with Gasteiger partial charge >= 0.3 is 0 Å². The second-order valence-corrected chi connectivity index (χ2v) is 4.34. The van der Waals surface area contributed by atoms with E-state index in [0.717, 1.165) is 22.3 Å². The third kappa shape index (κ3) is 2.62. The zero-order valence-corrected chi connectivity index (χ0v) is 11.2. The number of hydrogen-bond acceptors (Lipinski definition) is 4. The summed E-state index contributed by atoms with van der Waals surface area (Å²) in [5, 5.41) is 0. The number of aliphatic imine (C=N–C) groups is 2. The predicted molar refractivity (Wildman–Crippen MR) is 76.9 cm³/mol. The van der Waals surface area contributed by atoms with Crippen LogP contribution in [0.2, 0.25) is 0 Å². The molecule has 2 aromatic carbocycles. The Morgan fingerprint density at radius 1 is 0.800 bits per heavy atom. The lowest BCUT2D eigenvalue weighted by Gasteiger charge is -2.10. The molecule has 0 amide bonds. The number of hydrogen-bond donors (Lipinski definition) is 0. The fourth-order valence-electron chi connectivity index (χ4n) is 2.06. The smallest absolute Gasteiger partial charge is 0.211 e. The van der Waals surface area contributed by atoms with Gasteiger partial charge in [0.05, 0.1) is 11.4 Å². The molecule has 0 unspecified atom stereocenters. The zero-order chi connectivity index (χ0) is 14.5. The summed E-state index contributed by atoms with van der Waals surface area (Å²) in [7, 11) is 0. The lowest BCUT2D eigenvalue weighted by atomic mass is 9.96. The molecule has 4 nitrogen and oxygen atoms in total. The van der Waals surface area contributed by atoms with Crippen molar-refractivity contribution in [1.82, 2.24) is 0 Å². The highest BCUT2D eigenvalue weighted by Gasteiger charge is 2.07. The van der Waals surface area contributed by atoms with Gasteiger partial charge in [0.15, 0.2) is 0 Å². The lowest BCUT2D eigenvalue weighted by molar-refractivity contribution is 0.564. The molecule has 2 rings (SSSR count). The van der Waals surface area contributed by atoms with Gasteiger partial charge in [0, 0.05) is 0 Å². The third-order valence-electron chi connectivity index (χ3n) is 3.28. The van der Waals surface area contributed by atoms with E-state index in [1.165, 1.54) is 6.08 Å². The second kappa shape index (κ2) is 5.89. The maximum atomic E-state index is 10.4. The maximum Gasteiger partial charge on any atom is 0.240 e. The van der Waals surface area contributed by atoms with Crippen molar-refractivity contribution in [2.45, 2.75) is 13.8 Å². The average molecular weight is 264 g/mol. The summed E-state index contributed by atoms with van der Waals surface area (Å²) in [4.78, 5) is 27.8. The summed E-state index contributed by atoms with van der Waals surface area (Å²) >= 11 is 0. The molecule has 0 fully saturated rings. The number of benzene rings is 2. The molecular formula is C16H12N2O2. The van der Waals surface area contributed by atoms with Crippen molar-refractivity contribution in [1.29, 1.82) is 0 Å². The first-order chi connectivity index (χ1) is 9.67. The van der Waals surface area contributed by atoms with Gasteiger partial charge < -0.3 is 0 Å². The third-order valence-corrected chi connectivity index (χ3v) is 3.28. The summed E-state index contributed by atoms with van der Waals surface area (Å²) in [6, 6.07) is 11.0. The van der Waals surface area contributed by atoms with Gasteiger partial charge in [-0.25, -0.2) is 9.59 Å². The second-order valence-electron chi connectivity index (χ2n) is 4.34. The minimum absolute atomic E-state index is 0.570. The van der Waals surface area contributed by atoms with Crippen LogP contribution in [0.5, 0.6) is 0 Å². The van der Waals surface area contributed by atoms with E-state index in [-0.39, 0.29) is 0 Å². The van der Waals surface area contributed by atoms with Gasteiger partial charge in [-0.3, -0.25) is 0 Å². The quantitative estimate of drug-likeness (QED) is 0.623. The Labute approximate surface area is 116 Å². The van der Waals surface area contributed by atoms with E-state index in [1.807, 2.05) is 32.0 Å². The predicted octanol–water partition coefficient (Wildman–Crippen LogP) is 3.91. The largest absolute Gasteiger partial charge is 0.240 e. The van der Waals surface area contributed by atoms with Crippen LogP contribution in [0.15, 0.2) is 46.4 Å². The normalized spacial score (nSPS) is 9.50. The molecule has 0 saturated heterocycles. The van der Waals surface area contributed by atoms with Crippen LogP contribution in [0.3, 0.4) is 0 Å². The van der Waals surface area contributed by atoms with Crippen LogP contribution in [0.1, 0.15) is 11.1 Å². The number of rotatable bonds is 3. The van der Waals surface area contributed by atoms with Gasteiger partial charge in [0.2, 0.25) is 12.2 Å². The van der Waals surface area contributed by atoms with Crippen LogP contribution in [-0.4, -0.2) is 12.2 Å². The Morgan fingerprint density at radius 3 is 2.05 bits per heavy atom. The highest BCUT2D eigenvalue weighted by atomic mass is 16.1. The van der Waals surface area contributed by atoms with Gasteiger partial charge in [-0.2, -0.15) is 9.98 Å². The molecule has 0 aliphatic carbocycles. The lowest BCUT2D eigenvalue weighted by Crippen LogP contribution is -1.88. The molecule has 0 bridgehead atoms. The van der Waals surface area contributed by atoms with E-state index in [9.17, 15) is 9.59 Å². The summed E-state index contributed by atoms with van der Waals surface area (Å²) in [5.74, 6) is 0. The van der Waals surface area contributed by atoms with E-state index < -0.39 is 0 Å². The SMILES string of the molecule is Cc1c(N=C=O)ccc(-c2ccc(N=C=O)cc2)c1C. The standard InChI is InChI=1S/C16H12N2O2/c1-11-12(2)16(18-10-20)8-7-15(11)13-3-5-14(6-4-13)17-9-19/h3-8H,1-2H3. The molecule has 20 heavy (non-hydrogen) atoms. The minimum Gasteiger partial charge on any atom is -0.211 e. The summed E-state index contributed by atoms with van der Waals surface area (Å²) in [6.45, 7) is 3.89. The first-order valence-electron chi connectivity index (χ1n) is 6.03. The van der Waals surface area contributed by atoms with Gasteiger partial charge in [0.1, 0.15) is 0 Å². The Hall–Kier alpha value is -2.80. The van der Waals surface area contributed by atoms with E-state index in [2.05, 4.69) is 9.98 Å². The zero-order valence-electron chi connectivity index (χ0n) is 11.2. The molecule has 0 spiro atoms. The Bertz CT molecular complexity index is 736. The number of isocyanates is 2. The highest BCUT2D eigenvalue weighted by molar-refractivity contribution is 5.73. The molecule has 0 saturated carbocycles. The molecular weight excluding hydrogens is 252 g/mol. The number of carbonyl (C=O) groups excluding carboxylic acids is 2. The van der Waals surface area contributed by atoms with Crippen molar-refractivity contribution >= 4 is 23.5 Å². The van der Waals surface area contributed by atoms with Crippen molar-refractivity contribution in [3.05, 3.63) is 47.5 Å². The Balaban J connectivity index is 2.50. The molecule has 0 aromatic heterocycles. The fourth-order valence-corrected chi connectivity index (χ4v) is 2.06. The van der Waals surface area contributed by atoms with E-state index in [4.69, 9.17) is 0 Å². The topological polar surface area (TPSA) is 58.9 Å². The molecule has 4 heteroatoms. The van der Waals surface area contributed by atoms with Gasteiger partial charge in [-0.1, -0.05) is 18.2 Å². The van der Waals surface area contributed by atoms with Crippen molar-refractivity contribution in [3.8, 4) is 11.1 Å². The van der Waals surface area contributed by atoms with Crippen molar-refractivity contribution < 1.29 is 9.59 Å². The van der Waals surface area contributed by atoms with E-state index in [1.54, 1.807) is 24.3 Å². The molecule has 0 heterocycles.